The molecule has 1 aromatic heterocycles. The van der Waals surface area contributed by atoms with E-state index in [2.05, 4.69) is 11.9 Å². The largest absolute Gasteiger partial charge is 0.395 e. The van der Waals surface area contributed by atoms with Crippen LogP contribution in [0.2, 0.25) is 0 Å². The van der Waals surface area contributed by atoms with Crippen LogP contribution in [-0.4, -0.2) is 41.5 Å². The number of aryl methyl sites for hydroxylation is 1. The number of thiophene rings is 1. The number of aliphatic hydroxyl groups excluding tert-OH is 1. The molecule has 1 fully saturated rings. The highest BCUT2D eigenvalue weighted by Crippen LogP contribution is 2.33. The first-order valence-corrected chi connectivity index (χ1v) is 7.80. The van der Waals surface area contributed by atoms with Crippen LogP contribution in [0, 0.1) is 12.8 Å². The number of nitrogens with one attached hydrogen (secondary N) is 1. The maximum Gasteiger partial charge on any atom is 0.264 e. The van der Waals surface area contributed by atoms with Crippen molar-refractivity contribution in [3.63, 3.8) is 0 Å². The molecule has 2 N–H and O–H groups in total. The Morgan fingerprint density at radius 1 is 1.57 bits per heavy atom. The molecule has 0 aliphatic heterocycles. The fourth-order valence-electron chi connectivity index (χ4n) is 2.02. The van der Waals surface area contributed by atoms with Gasteiger partial charge in [-0.3, -0.25) is 9.59 Å². The van der Waals surface area contributed by atoms with Gasteiger partial charge < -0.3 is 15.3 Å². The van der Waals surface area contributed by atoms with Crippen LogP contribution in [0.25, 0.3) is 0 Å². The van der Waals surface area contributed by atoms with Gasteiger partial charge in [0.2, 0.25) is 5.91 Å². The monoisotopic (exact) mass is 308 g/mol. The van der Waals surface area contributed by atoms with Crippen molar-refractivity contribution in [1.82, 2.24) is 4.90 Å². The number of rotatable bonds is 7. The fraction of sp³-hybridized carbons (Fsp3) is 0.467. The molecule has 0 aromatic carbocycles. The molecule has 0 saturated heterocycles. The zero-order chi connectivity index (χ0) is 15.4. The third-order valence-electron chi connectivity index (χ3n) is 3.31. The Labute approximate surface area is 128 Å². The number of carbonyl (C=O) groups is 2. The zero-order valence-electron chi connectivity index (χ0n) is 12.1. The van der Waals surface area contributed by atoms with Crippen LogP contribution in [0.3, 0.4) is 0 Å². The molecule has 0 unspecified atom stereocenters. The number of carbonyl (C=O) groups excluding carboxylic acids is 2. The van der Waals surface area contributed by atoms with Crippen LogP contribution in [0.1, 0.15) is 28.1 Å². The molecule has 1 saturated carbocycles. The van der Waals surface area contributed by atoms with E-state index in [1.165, 1.54) is 11.3 Å². The number of aliphatic hydroxyl groups is 1. The first-order valence-electron chi connectivity index (χ1n) is 6.99. The van der Waals surface area contributed by atoms with Crippen molar-refractivity contribution in [3.8, 4) is 0 Å². The smallest absolute Gasteiger partial charge is 0.264 e. The van der Waals surface area contributed by atoms with E-state index in [9.17, 15) is 9.59 Å². The van der Waals surface area contributed by atoms with Gasteiger partial charge in [0.15, 0.2) is 0 Å². The van der Waals surface area contributed by atoms with E-state index in [4.69, 9.17) is 5.11 Å². The van der Waals surface area contributed by atoms with Crippen LogP contribution in [0.15, 0.2) is 18.7 Å². The lowest BCUT2D eigenvalue weighted by atomic mass is 10.2. The lowest BCUT2D eigenvalue weighted by molar-refractivity contribution is -0.117. The van der Waals surface area contributed by atoms with Crippen molar-refractivity contribution in [2.75, 3.05) is 25.0 Å². The molecule has 0 bridgehead atoms. The van der Waals surface area contributed by atoms with E-state index in [0.29, 0.717) is 16.4 Å². The Morgan fingerprint density at radius 2 is 2.29 bits per heavy atom. The first-order chi connectivity index (χ1) is 10.1. The average molecular weight is 308 g/mol. The fourth-order valence-corrected chi connectivity index (χ4v) is 3.06. The van der Waals surface area contributed by atoms with Crippen molar-refractivity contribution in [2.24, 2.45) is 5.92 Å². The van der Waals surface area contributed by atoms with Gasteiger partial charge in [-0.2, -0.15) is 0 Å². The molecule has 2 rings (SSSR count). The van der Waals surface area contributed by atoms with Crippen LogP contribution < -0.4 is 5.32 Å². The number of hydrogen-bond donors (Lipinski definition) is 2. The predicted octanol–water partition coefficient (Wildman–Crippen LogP) is 2.03. The zero-order valence-corrected chi connectivity index (χ0v) is 12.9. The third-order valence-corrected chi connectivity index (χ3v) is 4.45. The van der Waals surface area contributed by atoms with Crippen molar-refractivity contribution >= 4 is 28.2 Å². The molecule has 1 heterocycles. The lowest BCUT2D eigenvalue weighted by Crippen LogP contribution is -2.33. The number of anilines is 1. The summed E-state index contributed by atoms with van der Waals surface area (Å²) in [5, 5.41) is 12.6. The summed E-state index contributed by atoms with van der Waals surface area (Å²) in [5.41, 5.74) is 0.836. The summed E-state index contributed by atoms with van der Waals surface area (Å²) in [5.74, 6) is 0.0325. The third kappa shape index (κ3) is 3.92. The van der Waals surface area contributed by atoms with Crippen molar-refractivity contribution in [3.05, 3.63) is 29.2 Å². The van der Waals surface area contributed by atoms with Gasteiger partial charge in [-0.05, 0) is 31.4 Å². The standard InChI is InChI=1S/C15H20N2O3S/c1-3-6-17(7-8-18)15(20)13-10(2)9-12(21-13)16-14(19)11-4-5-11/h3,9,11,18H,1,4-8H2,2H3,(H,16,19). The molecule has 21 heavy (non-hydrogen) atoms. The Balaban J connectivity index is 2.10. The van der Waals surface area contributed by atoms with Gasteiger partial charge in [0.05, 0.1) is 16.5 Å². The minimum Gasteiger partial charge on any atom is -0.395 e. The van der Waals surface area contributed by atoms with E-state index in [1.807, 2.05) is 13.0 Å². The maximum atomic E-state index is 12.5. The second kappa shape index (κ2) is 6.87. The first kappa shape index (κ1) is 15.7. The lowest BCUT2D eigenvalue weighted by Gasteiger charge is -2.19. The van der Waals surface area contributed by atoms with E-state index in [1.54, 1.807) is 11.0 Å². The number of hydrogen-bond acceptors (Lipinski definition) is 4. The van der Waals surface area contributed by atoms with Gasteiger partial charge in [0, 0.05) is 19.0 Å². The highest BCUT2D eigenvalue weighted by molar-refractivity contribution is 7.18. The van der Waals surface area contributed by atoms with Crippen LogP contribution >= 0.6 is 11.3 Å². The summed E-state index contributed by atoms with van der Waals surface area (Å²) in [6.07, 6.45) is 3.53. The number of amides is 2. The maximum absolute atomic E-state index is 12.5. The summed E-state index contributed by atoms with van der Waals surface area (Å²) in [7, 11) is 0. The normalized spacial score (nSPS) is 13.8. The SMILES string of the molecule is C=CCN(CCO)C(=O)c1sc(NC(=O)C2CC2)cc1C. The van der Waals surface area contributed by atoms with E-state index in [0.717, 1.165) is 18.4 Å². The molecule has 1 aromatic rings. The second-order valence-electron chi connectivity index (χ2n) is 5.15. The molecule has 0 radical (unpaired) electrons. The molecule has 2 amide bonds. The van der Waals surface area contributed by atoms with Crippen LogP contribution in [0.5, 0.6) is 0 Å². The molecule has 0 atom stereocenters. The van der Waals surface area contributed by atoms with Crippen molar-refractivity contribution in [2.45, 2.75) is 19.8 Å². The highest BCUT2D eigenvalue weighted by Gasteiger charge is 2.30. The van der Waals surface area contributed by atoms with Gasteiger partial charge in [0.25, 0.3) is 5.91 Å². The molecule has 5 nitrogen and oxygen atoms in total. The molecular weight excluding hydrogens is 288 g/mol. The summed E-state index contributed by atoms with van der Waals surface area (Å²) in [4.78, 5) is 26.3. The Bertz CT molecular complexity index is 549. The van der Waals surface area contributed by atoms with E-state index < -0.39 is 0 Å². The van der Waals surface area contributed by atoms with Crippen LogP contribution in [0.4, 0.5) is 5.00 Å². The van der Waals surface area contributed by atoms with Crippen molar-refractivity contribution < 1.29 is 14.7 Å². The minimum atomic E-state index is -0.140. The molecular formula is C15H20N2O3S. The van der Waals surface area contributed by atoms with Gasteiger partial charge in [0.1, 0.15) is 0 Å². The molecule has 0 spiro atoms. The Hall–Kier alpha value is -1.66. The topological polar surface area (TPSA) is 69.6 Å². The van der Waals surface area contributed by atoms with Crippen molar-refractivity contribution in [1.29, 1.82) is 0 Å². The highest BCUT2D eigenvalue weighted by atomic mass is 32.1. The second-order valence-corrected chi connectivity index (χ2v) is 6.20. The van der Waals surface area contributed by atoms with Gasteiger partial charge in [-0.1, -0.05) is 6.08 Å². The van der Waals surface area contributed by atoms with Gasteiger partial charge in [-0.15, -0.1) is 17.9 Å². The summed E-state index contributed by atoms with van der Waals surface area (Å²) >= 11 is 1.28. The van der Waals surface area contributed by atoms with Gasteiger partial charge in [-0.25, -0.2) is 0 Å². The molecule has 1 aliphatic rings. The Kier molecular flexibility index (Phi) is 5.14. The quantitative estimate of drug-likeness (QED) is 0.757. The van der Waals surface area contributed by atoms with E-state index in [-0.39, 0.29) is 30.9 Å². The summed E-state index contributed by atoms with van der Waals surface area (Å²) < 4.78 is 0. The summed E-state index contributed by atoms with van der Waals surface area (Å²) in [6.45, 7) is 6.04. The number of nitrogens with zero attached hydrogens (tertiary/aromatic N) is 1. The predicted molar refractivity (Wildman–Crippen MR) is 83.6 cm³/mol. The average Bonchev–Trinajstić information content (AvgIpc) is 3.23. The van der Waals surface area contributed by atoms with E-state index >= 15 is 0 Å². The molecule has 114 valence electrons. The summed E-state index contributed by atoms with van der Waals surface area (Å²) in [6, 6.07) is 1.82. The molecule has 1 aliphatic carbocycles. The van der Waals surface area contributed by atoms with Gasteiger partial charge >= 0.3 is 0 Å². The van der Waals surface area contributed by atoms with Crippen LogP contribution in [-0.2, 0) is 4.79 Å². The molecule has 6 heteroatoms. The minimum absolute atomic E-state index is 0.0357. The Morgan fingerprint density at radius 3 is 2.86 bits per heavy atom.